The van der Waals surface area contributed by atoms with Gasteiger partial charge in [0.05, 0.1) is 28.4 Å². The first-order valence-corrected chi connectivity index (χ1v) is 13.2. The quantitative estimate of drug-likeness (QED) is 0.382. The van der Waals surface area contributed by atoms with Gasteiger partial charge in [-0.25, -0.2) is 24.3 Å². The molecule has 0 N–H and O–H groups in total. The molecule has 0 unspecified atom stereocenters. The van der Waals surface area contributed by atoms with Crippen LogP contribution >= 0.6 is 0 Å². The molecule has 2 aromatic rings. The van der Waals surface area contributed by atoms with E-state index >= 15 is 0 Å². The van der Waals surface area contributed by atoms with Crippen LogP contribution < -0.4 is 29.2 Å². The Bertz CT molecular complexity index is 802. The molecular weight excluding hydrogens is 552 g/mol. The summed E-state index contributed by atoms with van der Waals surface area (Å²) in [7, 11) is 6.57. The van der Waals surface area contributed by atoms with E-state index in [2.05, 4.69) is 37.4 Å². The Morgan fingerprint density at radius 3 is 1.06 bits per heavy atom. The van der Waals surface area contributed by atoms with Crippen molar-refractivity contribution in [2.24, 2.45) is 0 Å². The van der Waals surface area contributed by atoms with E-state index in [4.69, 9.17) is 18.9 Å². The third-order valence-electron chi connectivity index (χ3n) is 3.94. The van der Waals surface area contributed by atoms with Crippen LogP contribution in [0.25, 0.3) is 0 Å². The molecule has 8 heteroatoms. The number of hydrogen-bond donors (Lipinski definition) is 0. The summed E-state index contributed by atoms with van der Waals surface area (Å²) in [5, 5.41) is 22.4. The van der Waals surface area contributed by atoms with Gasteiger partial charge in [0.1, 0.15) is 23.0 Å². The minimum absolute atomic E-state index is 0. The third kappa shape index (κ3) is 15.3. The van der Waals surface area contributed by atoms with Crippen LogP contribution in [0.4, 0.5) is 0 Å². The van der Waals surface area contributed by atoms with Crippen molar-refractivity contribution < 1.29 is 55.4 Å². The smallest absolute Gasteiger partial charge is 0.867 e. The van der Waals surface area contributed by atoms with Crippen molar-refractivity contribution in [1.82, 2.24) is 0 Å². The normalized spacial score (nSPS) is 11.1. The molecule has 0 spiro atoms. The van der Waals surface area contributed by atoms with E-state index in [0.29, 0.717) is 23.0 Å². The van der Waals surface area contributed by atoms with Gasteiger partial charge in [0.25, 0.3) is 0 Å². The summed E-state index contributed by atoms with van der Waals surface area (Å²) in [4.78, 5) is 0. The van der Waals surface area contributed by atoms with Gasteiger partial charge in [0, 0.05) is 9.52 Å². The van der Waals surface area contributed by atoms with E-state index in [1.807, 2.05) is 24.3 Å². The molecule has 2 aromatic carbocycles. The predicted octanol–water partition coefficient (Wildman–Crippen LogP) is 4.68. The maximum absolute atomic E-state index is 11.2. The van der Waals surface area contributed by atoms with Crippen molar-refractivity contribution in [3.8, 4) is 34.5 Å². The van der Waals surface area contributed by atoms with Crippen molar-refractivity contribution in [3.05, 3.63) is 85.0 Å². The Kier molecular flexibility index (Phi) is 23.7. The summed E-state index contributed by atoms with van der Waals surface area (Å²) in [6.07, 6.45) is 20.0. The Labute approximate surface area is 237 Å². The number of methoxy groups -OCH3 is 4. The minimum Gasteiger partial charge on any atom is -0.867 e. The number of rotatable bonds is 4. The summed E-state index contributed by atoms with van der Waals surface area (Å²) < 4.78 is 19.2. The van der Waals surface area contributed by atoms with Crippen molar-refractivity contribution in [3.63, 3.8) is 0 Å². The monoisotopic (exact) mass is 585 g/mol. The summed E-state index contributed by atoms with van der Waals surface area (Å²) >= 11 is 0. The molecule has 2 aliphatic rings. The first kappa shape index (κ1) is 35.5. The molecule has 0 aliphatic heterocycles. The number of ether oxygens (including phenoxy) is 4. The SMILES string of the molecule is COc1cccc(OC)c1[O-].COc1cccc(OC)c1[O-].C[SiH]C.[C-]1=CC=CC1.[C-]1=CC=CC1.[Zr+4]. The Balaban J connectivity index is 0. The van der Waals surface area contributed by atoms with E-state index in [-0.39, 0.29) is 37.7 Å². The zero-order valence-corrected chi connectivity index (χ0v) is 25.5. The molecule has 0 aromatic heterocycles. The Morgan fingerprint density at radius 1 is 0.639 bits per heavy atom. The second-order valence-corrected chi connectivity index (χ2v) is 7.72. The number of para-hydroxylation sites is 2. The van der Waals surface area contributed by atoms with Crippen molar-refractivity contribution in [2.45, 2.75) is 25.9 Å². The topological polar surface area (TPSA) is 83.0 Å². The largest absolute Gasteiger partial charge is 4.00 e. The fraction of sp³-hybridized carbons (Fsp3) is 0.286. The molecule has 6 nitrogen and oxygen atoms in total. The standard InChI is InChI=1S/2C8H10O3.2C5H5.C2H7Si.Zr/c2*1-10-6-4-3-5-7(11-2)8(6)9;2*1-2-4-5-3-1;1-3-2;/h2*3-5,9H,1-2H3;2*1-3H,4H2;3H,1-2H3;/q;;2*-1;;+4/p-2. The fourth-order valence-electron chi connectivity index (χ4n) is 2.31. The first-order valence-electron chi connectivity index (χ1n) is 10.9. The third-order valence-corrected chi connectivity index (χ3v) is 3.94. The van der Waals surface area contributed by atoms with E-state index in [9.17, 15) is 10.2 Å². The minimum atomic E-state index is -0.211. The maximum Gasteiger partial charge on any atom is 4.00 e. The molecule has 0 saturated carbocycles. The van der Waals surface area contributed by atoms with Crippen LogP contribution in [0.5, 0.6) is 34.5 Å². The van der Waals surface area contributed by atoms with Gasteiger partial charge in [-0.1, -0.05) is 25.2 Å². The molecule has 2 aliphatic carbocycles. The number of hydrogen-bond acceptors (Lipinski definition) is 6. The maximum atomic E-state index is 11.2. The van der Waals surface area contributed by atoms with E-state index in [1.165, 1.54) is 28.4 Å². The van der Waals surface area contributed by atoms with Gasteiger partial charge in [-0.05, 0) is 35.8 Å². The van der Waals surface area contributed by atoms with Crippen molar-refractivity contribution in [2.75, 3.05) is 28.4 Å². The van der Waals surface area contributed by atoms with Gasteiger partial charge in [-0.2, -0.15) is 12.2 Å². The second-order valence-electron chi connectivity index (χ2n) is 6.57. The van der Waals surface area contributed by atoms with Crippen LogP contribution in [-0.4, -0.2) is 38.0 Å². The van der Waals surface area contributed by atoms with Gasteiger partial charge < -0.3 is 29.2 Å². The van der Waals surface area contributed by atoms with Crippen molar-refractivity contribution in [1.29, 1.82) is 0 Å². The summed E-state index contributed by atoms with van der Waals surface area (Å²) in [6.45, 7) is 4.42. The molecule has 0 bridgehead atoms. The molecule has 1 radical (unpaired) electrons. The van der Waals surface area contributed by atoms with Crippen LogP contribution in [0, 0.1) is 12.2 Å². The average Bonchev–Trinajstić information content (AvgIpc) is 3.65. The molecule has 0 atom stereocenters. The second kappa shape index (κ2) is 24.0. The summed E-state index contributed by atoms with van der Waals surface area (Å²) in [6, 6.07) is 9.82. The molecule has 0 fully saturated rings. The Hall–Kier alpha value is -2.70. The van der Waals surface area contributed by atoms with Crippen LogP contribution in [-0.2, 0) is 26.2 Å². The van der Waals surface area contributed by atoms with E-state index in [0.717, 1.165) is 22.4 Å². The zero-order valence-electron chi connectivity index (χ0n) is 21.9. The van der Waals surface area contributed by atoms with Gasteiger partial charge in [-0.15, -0.1) is 12.8 Å². The number of benzene rings is 2. The molecule has 36 heavy (non-hydrogen) atoms. The zero-order chi connectivity index (χ0) is 26.3. The van der Waals surface area contributed by atoms with E-state index < -0.39 is 0 Å². The van der Waals surface area contributed by atoms with E-state index in [1.54, 1.807) is 36.4 Å². The van der Waals surface area contributed by atoms with Gasteiger partial charge in [0.15, 0.2) is 0 Å². The van der Waals surface area contributed by atoms with Crippen LogP contribution in [0.1, 0.15) is 12.8 Å². The van der Waals surface area contributed by atoms with Crippen molar-refractivity contribution >= 4 is 9.52 Å². The van der Waals surface area contributed by atoms with Crippen LogP contribution in [0.15, 0.2) is 72.9 Å². The summed E-state index contributed by atoms with van der Waals surface area (Å²) in [5.74, 6) is 0.817. The molecule has 191 valence electrons. The van der Waals surface area contributed by atoms with Gasteiger partial charge >= 0.3 is 26.2 Å². The molecule has 0 saturated heterocycles. The molecule has 0 heterocycles. The van der Waals surface area contributed by atoms with Gasteiger partial charge in [-0.3, -0.25) is 12.2 Å². The molecule has 0 amide bonds. The fourth-order valence-corrected chi connectivity index (χ4v) is 2.31. The Morgan fingerprint density at radius 2 is 0.917 bits per heavy atom. The first-order chi connectivity index (χ1) is 17.0. The molecule has 4 rings (SSSR count). The predicted molar refractivity (Wildman–Crippen MR) is 140 cm³/mol. The molecular formula is C28H35O6SiZr. The van der Waals surface area contributed by atoms with Crippen LogP contribution in [0.3, 0.4) is 0 Å². The average molecular weight is 587 g/mol. The van der Waals surface area contributed by atoms with Crippen LogP contribution in [0.2, 0.25) is 13.1 Å². The van der Waals surface area contributed by atoms with Gasteiger partial charge in [0.2, 0.25) is 0 Å². The summed E-state index contributed by atoms with van der Waals surface area (Å²) in [5.41, 5.74) is 0. The number of allylic oxidation sites excluding steroid dienone is 8.